The Balaban J connectivity index is 2.03. The minimum Gasteiger partial charge on any atom is -0.398 e. The lowest BCUT2D eigenvalue weighted by atomic mass is 10.0. The Morgan fingerprint density at radius 1 is 1.16 bits per heavy atom. The molecule has 0 fully saturated rings. The summed E-state index contributed by atoms with van der Waals surface area (Å²) in [5, 5.41) is 3.48. The average Bonchev–Trinajstić information content (AvgIpc) is 2.36. The van der Waals surface area contributed by atoms with Gasteiger partial charge in [-0.2, -0.15) is 0 Å². The van der Waals surface area contributed by atoms with Crippen molar-refractivity contribution in [1.29, 1.82) is 0 Å². The SMILES string of the molecule is CC(C)CCCCCCNCc1ccc(Br)c(N)c1. The van der Waals surface area contributed by atoms with Crippen LogP contribution in [-0.2, 0) is 6.54 Å². The van der Waals surface area contributed by atoms with E-state index >= 15 is 0 Å². The van der Waals surface area contributed by atoms with Gasteiger partial charge in [-0.1, -0.05) is 45.6 Å². The van der Waals surface area contributed by atoms with Crippen LogP contribution in [0.15, 0.2) is 22.7 Å². The quantitative estimate of drug-likeness (QED) is 0.508. The Hall–Kier alpha value is -0.540. The molecular weight excluding hydrogens is 300 g/mol. The fraction of sp³-hybridized carbons (Fsp3) is 0.625. The zero-order chi connectivity index (χ0) is 14.1. The molecule has 0 unspecified atom stereocenters. The molecule has 3 heteroatoms. The zero-order valence-electron chi connectivity index (χ0n) is 12.2. The number of hydrogen-bond acceptors (Lipinski definition) is 2. The van der Waals surface area contributed by atoms with Crippen molar-refractivity contribution in [2.24, 2.45) is 5.92 Å². The van der Waals surface area contributed by atoms with E-state index in [1.807, 2.05) is 12.1 Å². The first-order valence-corrected chi connectivity index (χ1v) is 8.13. The summed E-state index contributed by atoms with van der Waals surface area (Å²) in [6, 6.07) is 6.15. The predicted molar refractivity (Wildman–Crippen MR) is 88.2 cm³/mol. The molecule has 0 spiro atoms. The number of halogens is 1. The monoisotopic (exact) mass is 326 g/mol. The molecular formula is C16H27BrN2. The molecule has 0 heterocycles. The van der Waals surface area contributed by atoms with Gasteiger partial charge in [-0.25, -0.2) is 0 Å². The molecule has 3 N–H and O–H groups in total. The third-order valence-corrected chi connectivity index (χ3v) is 4.00. The Kier molecular flexibility index (Phi) is 8.15. The highest BCUT2D eigenvalue weighted by Crippen LogP contribution is 2.20. The smallest absolute Gasteiger partial charge is 0.0461 e. The standard InChI is InChI=1S/C16H27BrN2/c1-13(2)7-5-3-4-6-10-19-12-14-8-9-15(17)16(18)11-14/h8-9,11,13,19H,3-7,10,12,18H2,1-2H3. The molecule has 19 heavy (non-hydrogen) atoms. The van der Waals surface area contributed by atoms with Gasteiger partial charge in [-0.05, 0) is 52.5 Å². The summed E-state index contributed by atoms with van der Waals surface area (Å²) in [6.45, 7) is 6.60. The zero-order valence-corrected chi connectivity index (χ0v) is 13.8. The highest BCUT2D eigenvalue weighted by molar-refractivity contribution is 9.10. The molecule has 1 aromatic rings. The highest BCUT2D eigenvalue weighted by atomic mass is 79.9. The van der Waals surface area contributed by atoms with Crippen LogP contribution in [0.5, 0.6) is 0 Å². The number of rotatable bonds is 9. The number of nitrogens with one attached hydrogen (secondary N) is 1. The number of nitrogen functional groups attached to an aromatic ring is 1. The molecule has 0 aliphatic carbocycles. The van der Waals surface area contributed by atoms with E-state index in [1.165, 1.54) is 37.7 Å². The van der Waals surface area contributed by atoms with E-state index < -0.39 is 0 Å². The number of nitrogens with two attached hydrogens (primary N) is 1. The number of hydrogen-bond donors (Lipinski definition) is 2. The van der Waals surface area contributed by atoms with E-state index in [9.17, 15) is 0 Å². The molecule has 1 aromatic carbocycles. The van der Waals surface area contributed by atoms with E-state index in [1.54, 1.807) is 0 Å². The summed E-state index contributed by atoms with van der Waals surface area (Å²) in [7, 11) is 0. The van der Waals surface area contributed by atoms with Crippen LogP contribution in [0.2, 0.25) is 0 Å². The topological polar surface area (TPSA) is 38.0 Å². The molecule has 0 amide bonds. The van der Waals surface area contributed by atoms with Gasteiger partial charge in [0, 0.05) is 16.7 Å². The largest absolute Gasteiger partial charge is 0.398 e. The molecule has 1 rings (SSSR count). The van der Waals surface area contributed by atoms with Crippen LogP contribution in [0.3, 0.4) is 0 Å². The second kappa shape index (κ2) is 9.38. The summed E-state index contributed by atoms with van der Waals surface area (Å²) in [4.78, 5) is 0. The second-order valence-electron chi connectivity index (χ2n) is 5.63. The maximum atomic E-state index is 5.86. The lowest BCUT2D eigenvalue weighted by Gasteiger charge is -2.07. The number of anilines is 1. The van der Waals surface area contributed by atoms with Gasteiger partial charge in [0.2, 0.25) is 0 Å². The summed E-state index contributed by atoms with van der Waals surface area (Å²) in [6.07, 6.45) is 6.71. The van der Waals surface area contributed by atoms with Crippen molar-refractivity contribution in [3.8, 4) is 0 Å². The maximum Gasteiger partial charge on any atom is 0.0461 e. The fourth-order valence-corrected chi connectivity index (χ4v) is 2.34. The van der Waals surface area contributed by atoms with E-state index in [4.69, 9.17) is 5.73 Å². The molecule has 0 radical (unpaired) electrons. The molecule has 0 saturated carbocycles. The van der Waals surface area contributed by atoms with Crippen molar-refractivity contribution in [1.82, 2.24) is 5.32 Å². The normalized spacial score (nSPS) is 11.2. The van der Waals surface area contributed by atoms with Gasteiger partial charge in [0.15, 0.2) is 0 Å². The first-order chi connectivity index (χ1) is 9.09. The van der Waals surface area contributed by atoms with Crippen LogP contribution >= 0.6 is 15.9 Å². The van der Waals surface area contributed by atoms with Crippen molar-refractivity contribution in [2.45, 2.75) is 52.5 Å². The Labute approximate surface area is 126 Å². The summed E-state index contributed by atoms with van der Waals surface area (Å²) < 4.78 is 0.974. The fourth-order valence-electron chi connectivity index (χ4n) is 2.09. The van der Waals surface area contributed by atoms with E-state index in [0.717, 1.165) is 29.2 Å². The van der Waals surface area contributed by atoms with Crippen molar-refractivity contribution in [2.75, 3.05) is 12.3 Å². The van der Waals surface area contributed by atoms with Crippen molar-refractivity contribution >= 4 is 21.6 Å². The minimum absolute atomic E-state index is 0.813. The summed E-state index contributed by atoms with van der Waals surface area (Å²) in [5.41, 5.74) is 7.92. The first-order valence-electron chi connectivity index (χ1n) is 7.34. The third kappa shape index (κ3) is 7.58. The first kappa shape index (κ1) is 16.5. The lowest BCUT2D eigenvalue weighted by molar-refractivity contribution is 0.512. The third-order valence-electron chi connectivity index (χ3n) is 3.27. The molecule has 108 valence electrons. The van der Waals surface area contributed by atoms with Gasteiger partial charge in [-0.15, -0.1) is 0 Å². The van der Waals surface area contributed by atoms with Gasteiger partial charge < -0.3 is 11.1 Å². The predicted octanol–water partition coefficient (Wildman–Crippen LogP) is 4.73. The van der Waals surface area contributed by atoms with E-state index in [-0.39, 0.29) is 0 Å². The average molecular weight is 327 g/mol. The number of benzene rings is 1. The number of unbranched alkanes of at least 4 members (excludes halogenated alkanes) is 3. The van der Waals surface area contributed by atoms with Crippen LogP contribution in [-0.4, -0.2) is 6.54 Å². The van der Waals surface area contributed by atoms with Crippen LogP contribution in [0.4, 0.5) is 5.69 Å². The van der Waals surface area contributed by atoms with Crippen LogP contribution < -0.4 is 11.1 Å². The molecule has 2 nitrogen and oxygen atoms in total. The summed E-state index contributed by atoms with van der Waals surface area (Å²) in [5.74, 6) is 0.848. The van der Waals surface area contributed by atoms with E-state index in [0.29, 0.717) is 0 Å². The van der Waals surface area contributed by atoms with Crippen molar-refractivity contribution in [3.05, 3.63) is 28.2 Å². The molecule has 0 aromatic heterocycles. The second-order valence-corrected chi connectivity index (χ2v) is 6.48. The highest BCUT2D eigenvalue weighted by Gasteiger charge is 1.98. The molecule has 0 bridgehead atoms. The van der Waals surface area contributed by atoms with Crippen LogP contribution in [0.1, 0.15) is 51.5 Å². The molecule has 0 atom stereocenters. The van der Waals surface area contributed by atoms with Crippen molar-refractivity contribution in [3.63, 3.8) is 0 Å². The summed E-state index contributed by atoms with van der Waals surface area (Å²) >= 11 is 3.41. The van der Waals surface area contributed by atoms with Gasteiger partial charge in [-0.3, -0.25) is 0 Å². The van der Waals surface area contributed by atoms with Crippen molar-refractivity contribution < 1.29 is 0 Å². The molecule has 0 aliphatic rings. The van der Waals surface area contributed by atoms with Gasteiger partial charge in [0.25, 0.3) is 0 Å². The van der Waals surface area contributed by atoms with Gasteiger partial charge in [0.1, 0.15) is 0 Å². The minimum atomic E-state index is 0.813. The molecule has 0 saturated heterocycles. The van der Waals surface area contributed by atoms with Crippen LogP contribution in [0, 0.1) is 5.92 Å². The maximum absolute atomic E-state index is 5.86. The van der Waals surface area contributed by atoms with Crippen LogP contribution in [0.25, 0.3) is 0 Å². The van der Waals surface area contributed by atoms with E-state index in [2.05, 4.69) is 41.2 Å². The van der Waals surface area contributed by atoms with Gasteiger partial charge >= 0.3 is 0 Å². The molecule has 0 aliphatic heterocycles. The Morgan fingerprint density at radius 2 is 1.89 bits per heavy atom. The lowest BCUT2D eigenvalue weighted by Crippen LogP contribution is -2.14. The van der Waals surface area contributed by atoms with Gasteiger partial charge in [0.05, 0.1) is 0 Å². The Bertz CT molecular complexity index is 364. The Morgan fingerprint density at radius 3 is 2.58 bits per heavy atom.